The monoisotopic (exact) mass is 443 g/mol. The van der Waals surface area contributed by atoms with Crippen molar-refractivity contribution in [3.05, 3.63) is 51.6 Å². The Morgan fingerprint density at radius 1 is 1.05 bits per heavy atom. The van der Waals surface area contributed by atoms with Crippen LogP contribution in [0.15, 0.2) is 47.4 Å². The van der Waals surface area contributed by atoms with Crippen LogP contribution in [0.1, 0.15) is 5.56 Å². The predicted octanol–water partition coefficient (Wildman–Crippen LogP) is 3.75. The zero-order chi connectivity index (χ0) is 16.5. The van der Waals surface area contributed by atoms with E-state index >= 15 is 0 Å². The molecule has 0 unspecified atom stereocenters. The van der Waals surface area contributed by atoms with Crippen molar-refractivity contribution in [2.75, 3.05) is 0 Å². The molecule has 2 rings (SSSR count). The summed E-state index contributed by atoms with van der Waals surface area (Å²) >= 11 is 1.95. The van der Waals surface area contributed by atoms with Gasteiger partial charge in [0.1, 0.15) is 16.4 Å². The summed E-state index contributed by atoms with van der Waals surface area (Å²) in [5.74, 6) is 0.0485. The van der Waals surface area contributed by atoms with E-state index in [9.17, 15) is 21.6 Å². The fraction of sp³-hybridized carbons (Fsp3) is 0.0769. The van der Waals surface area contributed by atoms with Crippen LogP contribution in [0.3, 0.4) is 0 Å². The Hall–Kier alpha value is -1.33. The number of nitrogens with two attached hydrogens (primary N) is 1. The smallest absolute Gasteiger partial charge is 0.416 e. The van der Waals surface area contributed by atoms with E-state index in [-0.39, 0.29) is 5.75 Å². The molecule has 0 aliphatic carbocycles. The summed E-state index contributed by atoms with van der Waals surface area (Å²) in [5.41, 5.74) is -1.12. The third-order valence-corrected chi connectivity index (χ3v) is 4.46. The van der Waals surface area contributed by atoms with Gasteiger partial charge in [0.15, 0.2) is 0 Å². The van der Waals surface area contributed by atoms with Gasteiger partial charge in [-0.1, -0.05) is 12.1 Å². The molecule has 0 aromatic heterocycles. The molecule has 4 nitrogen and oxygen atoms in total. The second-order valence-corrected chi connectivity index (χ2v) is 6.93. The van der Waals surface area contributed by atoms with Crippen LogP contribution in [0.25, 0.3) is 0 Å². The van der Waals surface area contributed by atoms with Gasteiger partial charge in [0, 0.05) is 0 Å². The van der Waals surface area contributed by atoms with Crippen molar-refractivity contribution in [3.63, 3.8) is 0 Å². The standard InChI is InChI=1S/C13H9F3INO3S/c14-13(15,16)8-5-6-11(12(7-8)22(18,19)20)21-10-4-2-1-3-9(10)17/h1-7H,(H2,18,19,20). The van der Waals surface area contributed by atoms with E-state index in [1.165, 1.54) is 0 Å². The number of benzene rings is 2. The van der Waals surface area contributed by atoms with Crippen LogP contribution < -0.4 is 9.88 Å². The largest absolute Gasteiger partial charge is 0.455 e. The number of alkyl halides is 3. The Morgan fingerprint density at radius 3 is 2.23 bits per heavy atom. The van der Waals surface area contributed by atoms with Gasteiger partial charge < -0.3 is 4.74 Å². The van der Waals surface area contributed by atoms with Crippen molar-refractivity contribution in [1.29, 1.82) is 0 Å². The molecule has 0 heterocycles. The summed E-state index contributed by atoms with van der Waals surface area (Å²) in [5, 5.41) is 4.98. The minimum absolute atomic E-state index is 0.264. The summed E-state index contributed by atoms with van der Waals surface area (Å²) in [4.78, 5) is -0.720. The molecule has 0 aliphatic rings. The van der Waals surface area contributed by atoms with Gasteiger partial charge in [-0.2, -0.15) is 13.2 Å². The number of sulfonamides is 1. The summed E-state index contributed by atoms with van der Waals surface area (Å²) < 4.78 is 67.2. The maximum Gasteiger partial charge on any atom is 0.416 e. The molecule has 0 saturated heterocycles. The van der Waals surface area contributed by atoms with E-state index in [1.807, 2.05) is 22.6 Å². The maximum atomic E-state index is 12.7. The van der Waals surface area contributed by atoms with E-state index in [2.05, 4.69) is 0 Å². The molecule has 22 heavy (non-hydrogen) atoms. The van der Waals surface area contributed by atoms with Crippen molar-refractivity contribution in [3.8, 4) is 11.5 Å². The molecule has 0 spiro atoms. The van der Waals surface area contributed by atoms with E-state index < -0.39 is 26.7 Å². The molecule has 0 atom stereocenters. The van der Waals surface area contributed by atoms with E-state index in [0.717, 1.165) is 12.1 Å². The number of hydrogen-bond acceptors (Lipinski definition) is 3. The van der Waals surface area contributed by atoms with Gasteiger partial charge in [0.25, 0.3) is 0 Å². The molecule has 9 heteroatoms. The molecular weight excluding hydrogens is 434 g/mol. The summed E-state index contributed by atoms with van der Waals surface area (Å²) in [6, 6.07) is 8.79. The number of hydrogen-bond donors (Lipinski definition) is 1. The Labute approximate surface area is 138 Å². The second kappa shape index (κ2) is 6.05. The van der Waals surface area contributed by atoms with Gasteiger partial charge in [-0.3, -0.25) is 0 Å². The first-order chi connectivity index (χ1) is 10.1. The van der Waals surface area contributed by atoms with Crippen LogP contribution in [0.4, 0.5) is 13.2 Å². The van der Waals surface area contributed by atoms with E-state index in [4.69, 9.17) is 9.88 Å². The van der Waals surface area contributed by atoms with Crippen molar-refractivity contribution >= 4 is 32.6 Å². The van der Waals surface area contributed by atoms with Gasteiger partial charge in [0.05, 0.1) is 9.13 Å². The highest BCUT2D eigenvalue weighted by Crippen LogP contribution is 2.36. The van der Waals surface area contributed by atoms with Crippen molar-refractivity contribution in [2.24, 2.45) is 5.14 Å². The van der Waals surface area contributed by atoms with Gasteiger partial charge in [-0.15, -0.1) is 0 Å². The lowest BCUT2D eigenvalue weighted by atomic mass is 10.2. The Bertz CT molecular complexity index is 806. The highest BCUT2D eigenvalue weighted by molar-refractivity contribution is 14.1. The Kier molecular flexibility index (Phi) is 4.68. The quantitative estimate of drug-likeness (QED) is 0.735. The van der Waals surface area contributed by atoms with Crippen molar-refractivity contribution < 1.29 is 26.3 Å². The predicted molar refractivity (Wildman–Crippen MR) is 82.1 cm³/mol. The number of halogens is 4. The average Bonchev–Trinajstić information content (AvgIpc) is 2.39. The first kappa shape index (κ1) is 17.0. The number of ether oxygens (including phenoxy) is 1. The van der Waals surface area contributed by atoms with Crippen LogP contribution in [0.5, 0.6) is 11.5 Å². The minimum Gasteiger partial charge on any atom is -0.455 e. The third kappa shape index (κ3) is 3.90. The van der Waals surface area contributed by atoms with E-state index in [1.54, 1.807) is 24.3 Å². The highest BCUT2D eigenvalue weighted by atomic mass is 127. The maximum absolute atomic E-state index is 12.7. The zero-order valence-electron chi connectivity index (χ0n) is 10.8. The topological polar surface area (TPSA) is 69.4 Å². The molecule has 2 aromatic carbocycles. The van der Waals surface area contributed by atoms with Crippen LogP contribution in [-0.2, 0) is 16.2 Å². The van der Waals surface area contributed by atoms with Crippen LogP contribution in [0.2, 0.25) is 0 Å². The molecule has 0 bridgehead atoms. The highest BCUT2D eigenvalue weighted by Gasteiger charge is 2.32. The molecule has 0 saturated carbocycles. The van der Waals surface area contributed by atoms with Gasteiger partial charge in [-0.05, 0) is 52.9 Å². The molecule has 0 aliphatic heterocycles. The Balaban J connectivity index is 2.55. The normalized spacial score (nSPS) is 12.2. The molecule has 2 N–H and O–H groups in total. The minimum atomic E-state index is -4.68. The third-order valence-electron chi connectivity index (χ3n) is 2.63. The molecular formula is C13H9F3INO3S. The summed E-state index contributed by atoms with van der Waals surface area (Å²) in [6.07, 6.45) is -4.68. The second-order valence-electron chi connectivity index (χ2n) is 4.24. The van der Waals surface area contributed by atoms with Gasteiger partial charge in [0.2, 0.25) is 10.0 Å². The van der Waals surface area contributed by atoms with Gasteiger partial charge in [-0.25, -0.2) is 13.6 Å². The lowest BCUT2D eigenvalue weighted by molar-refractivity contribution is -0.137. The van der Waals surface area contributed by atoms with Crippen molar-refractivity contribution in [2.45, 2.75) is 11.1 Å². The number of rotatable bonds is 3. The molecule has 0 fully saturated rings. The SMILES string of the molecule is NS(=O)(=O)c1cc(C(F)(F)F)ccc1Oc1ccccc1I. The van der Waals surface area contributed by atoms with Gasteiger partial charge >= 0.3 is 6.18 Å². The first-order valence-corrected chi connectivity index (χ1v) is 8.38. The van der Waals surface area contributed by atoms with Crippen LogP contribution >= 0.6 is 22.6 Å². The fourth-order valence-electron chi connectivity index (χ4n) is 1.64. The molecule has 0 amide bonds. The fourth-order valence-corrected chi connectivity index (χ4v) is 2.82. The average molecular weight is 443 g/mol. The summed E-state index contributed by atoms with van der Waals surface area (Å²) in [6.45, 7) is 0. The zero-order valence-corrected chi connectivity index (χ0v) is 13.7. The lowest BCUT2D eigenvalue weighted by Gasteiger charge is -2.13. The van der Waals surface area contributed by atoms with Crippen molar-refractivity contribution in [1.82, 2.24) is 0 Å². The Morgan fingerprint density at radius 2 is 1.68 bits per heavy atom. The van der Waals surface area contributed by atoms with Crippen LogP contribution in [0, 0.1) is 3.57 Å². The molecule has 118 valence electrons. The summed E-state index contributed by atoms with van der Waals surface area (Å²) in [7, 11) is -4.38. The molecule has 0 radical (unpaired) electrons. The first-order valence-electron chi connectivity index (χ1n) is 5.75. The number of primary sulfonamides is 1. The molecule has 2 aromatic rings. The van der Waals surface area contributed by atoms with Crippen LogP contribution in [-0.4, -0.2) is 8.42 Å². The van der Waals surface area contributed by atoms with E-state index in [0.29, 0.717) is 15.4 Å². The lowest BCUT2D eigenvalue weighted by Crippen LogP contribution is -2.15. The number of para-hydroxylation sites is 1.